The van der Waals surface area contributed by atoms with Gasteiger partial charge in [0.25, 0.3) is 0 Å². The van der Waals surface area contributed by atoms with Crippen molar-refractivity contribution in [2.75, 3.05) is 13.1 Å². The van der Waals surface area contributed by atoms with Crippen LogP contribution in [0.4, 0.5) is 13.2 Å². The van der Waals surface area contributed by atoms with E-state index in [1.54, 1.807) is 15.6 Å². The van der Waals surface area contributed by atoms with Crippen LogP contribution >= 0.6 is 0 Å². The van der Waals surface area contributed by atoms with Crippen LogP contribution in [-0.4, -0.2) is 38.9 Å². The summed E-state index contributed by atoms with van der Waals surface area (Å²) in [5, 5.41) is 8.40. The van der Waals surface area contributed by atoms with E-state index in [9.17, 15) is 18.0 Å². The minimum absolute atomic E-state index is 0.00502. The fourth-order valence-corrected chi connectivity index (χ4v) is 3.52. The minimum Gasteiger partial charge on any atom is -0.340 e. The maximum absolute atomic E-state index is 12.9. The van der Waals surface area contributed by atoms with Crippen LogP contribution in [0.15, 0.2) is 60.8 Å². The van der Waals surface area contributed by atoms with Gasteiger partial charge in [-0.05, 0) is 18.1 Å². The largest absolute Gasteiger partial charge is 0.416 e. The van der Waals surface area contributed by atoms with E-state index < -0.39 is 11.7 Å². The molecule has 2 aromatic carbocycles. The highest BCUT2D eigenvalue weighted by atomic mass is 19.4. The van der Waals surface area contributed by atoms with Gasteiger partial charge in [0.2, 0.25) is 5.91 Å². The molecule has 1 atom stereocenters. The first-order valence-electron chi connectivity index (χ1n) is 9.31. The molecule has 1 saturated heterocycles. The predicted molar refractivity (Wildman–Crippen MR) is 101 cm³/mol. The first-order valence-corrected chi connectivity index (χ1v) is 9.31. The third-order valence-electron chi connectivity index (χ3n) is 5.08. The molecule has 1 aliphatic rings. The van der Waals surface area contributed by atoms with E-state index in [0.29, 0.717) is 18.7 Å². The Kier molecular flexibility index (Phi) is 5.08. The van der Waals surface area contributed by atoms with E-state index in [4.69, 9.17) is 0 Å². The Balaban J connectivity index is 1.40. The average Bonchev–Trinajstić information content (AvgIpc) is 3.38. The lowest BCUT2D eigenvalue weighted by Gasteiger charge is -2.17. The molecule has 1 aromatic heterocycles. The van der Waals surface area contributed by atoms with Gasteiger partial charge in [0.05, 0.1) is 24.2 Å². The van der Waals surface area contributed by atoms with Gasteiger partial charge in [-0.25, -0.2) is 4.68 Å². The number of alkyl halides is 3. The van der Waals surface area contributed by atoms with Crippen LogP contribution in [0.3, 0.4) is 0 Å². The molecule has 0 bridgehead atoms. The first-order chi connectivity index (χ1) is 13.9. The molecule has 1 unspecified atom stereocenters. The summed E-state index contributed by atoms with van der Waals surface area (Å²) in [5.41, 5.74) is 1.35. The van der Waals surface area contributed by atoms with E-state index in [1.807, 2.05) is 36.5 Å². The Morgan fingerprint density at radius 3 is 2.66 bits per heavy atom. The average molecular weight is 400 g/mol. The molecule has 0 aliphatic carbocycles. The number of carbonyl (C=O) groups excluding carboxylic acids is 1. The number of hydrogen-bond acceptors (Lipinski definition) is 3. The lowest BCUT2D eigenvalue weighted by molar-refractivity contribution is -0.138. The van der Waals surface area contributed by atoms with Crippen molar-refractivity contribution in [3.8, 4) is 11.3 Å². The summed E-state index contributed by atoms with van der Waals surface area (Å²) in [6.07, 6.45) is -1.88. The number of carbonyl (C=O) groups is 1. The number of amides is 1. The topological polar surface area (TPSA) is 51.0 Å². The number of halogens is 3. The van der Waals surface area contributed by atoms with Gasteiger partial charge in [-0.2, -0.15) is 13.2 Å². The molecule has 4 rings (SSSR count). The number of rotatable bonds is 4. The number of likely N-dealkylation sites (tertiary alicyclic amines) is 1. The minimum atomic E-state index is -4.42. The Bertz CT molecular complexity index is 1000. The maximum atomic E-state index is 12.9. The Morgan fingerprint density at radius 2 is 1.90 bits per heavy atom. The number of aromatic nitrogens is 3. The highest BCUT2D eigenvalue weighted by molar-refractivity contribution is 5.79. The molecule has 1 amide bonds. The van der Waals surface area contributed by atoms with Gasteiger partial charge < -0.3 is 4.90 Å². The summed E-state index contributed by atoms with van der Waals surface area (Å²) in [4.78, 5) is 14.3. The zero-order valence-electron chi connectivity index (χ0n) is 15.5. The van der Waals surface area contributed by atoms with Crippen LogP contribution in [0, 0.1) is 0 Å². The lowest BCUT2D eigenvalue weighted by Crippen LogP contribution is -2.30. The Morgan fingerprint density at radius 1 is 1.10 bits per heavy atom. The van der Waals surface area contributed by atoms with Crippen LogP contribution < -0.4 is 0 Å². The molecular weight excluding hydrogens is 381 g/mol. The smallest absolute Gasteiger partial charge is 0.340 e. The second-order valence-electron chi connectivity index (χ2n) is 7.11. The first kappa shape index (κ1) is 19.2. The van der Waals surface area contributed by atoms with Crippen molar-refractivity contribution in [3.05, 3.63) is 71.9 Å². The van der Waals surface area contributed by atoms with Crippen molar-refractivity contribution >= 4 is 5.91 Å². The van der Waals surface area contributed by atoms with Gasteiger partial charge in [-0.3, -0.25) is 4.79 Å². The second kappa shape index (κ2) is 7.69. The third kappa shape index (κ3) is 4.31. The van der Waals surface area contributed by atoms with E-state index in [-0.39, 0.29) is 18.4 Å². The van der Waals surface area contributed by atoms with Crippen molar-refractivity contribution < 1.29 is 18.0 Å². The summed E-state index contributed by atoms with van der Waals surface area (Å²) in [6.45, 7) is 1.01. The monoisotopic (exact) mass is 400 g/mol. The van der Waals surface area contributed by atoms with E-state index in [0.717, 1.165) is 29.8 Å². The molecule has 2 heterocycles. The van der Waals surface area contributed by atoms with Crippen LogP contribution in [0.2, 0.25) is 0 Å². The Hall–Kier alpha value is -3.16. The molecule has 1 fully saturated rings. The van der Waals surface area contributed by atoms with E-state index >= 15 is 0 Å². The van der Waals surface area contributed by atoms with Crippen LogP contribution in [0.5, 0.6) is 0 Å². The van der Waals surface area contributed by atoms with Crippen molar-refractivity contribution in [1.29, 1.82) is 0 Å². The van der Waals surface area contributed by atoms with Crippen LogP contribution in [0.1, 0.15) is 23.6 Å². The van der Waals surface area contributed by atoms with Gasteiger partial charge in [0.1, 0.15) is 5.69 Å². The van der Waals surface area contributed by atoms with Gasteiger partial charge in [-0.1, -0.05) is 53.7 Å². The van der Waals surface area contributed by atoms with Gasteiger partial charge >= 0.3 is 6.18 Å². The lowest BCUT2D eigenvalue weighted by atomic mass is 10.1. The molecule has 0 radical (unpaired) electrons. The molecule has 5 nitrogen and oxygen atoms in total. The van der Waals surface area contributed by atoms with E-state index in [1.165, 1.54) is 6.07 Å². The van der Waals surface area contributed by atoms with Gasteiger partial charge in [-0.15, -0.1) is 5.10 Å². The van der Waals surface area contributed by atoms with Crippen molar-refractivity contribution in [2.45, 2.75) is 25.1 Å². The van der Waals surface area contributed by atoms with Crippen molar-refractivity contribution in [1.82, 2.24) is 19.9 Å². The number of nitrogens with zero attached hydrogens (tertiary/aromatic N) is 4. The highest BCUT2D eigenvalue weighted by Crippen LogP contribution is 2.30. The maximum Gasteiger partial charge on any atom is 0.416 e. The third-order valence-corrected chi connectivity index (χ3v) is 5.08. The van der Waals surface area contributed by atoms with Gasteiger partial charge in [0.15, 0.2) is 0 Å². The summed E-state index contributed by atoms with van der Waals surface area (Å²) in [6, 6.07) is 14.6. The molecule has 0 spiro atoms. The van der Waals surface area contributed by atoms with Crippen molar-refractivity contribution in [2.24, 2.45) is 0 Å². The number of hydrogen-bond donors (Lipinski definition) is 0. The summed E-state index contributed by atoms with van der Waals surface area (Å²) < 4.78 is 40.3. The molecular formula is C21H19F3N4O. The summed E-state index contributed by atoms with van der Waals surface area (Å²) in [7, 11) is 0. The molecule has 1 aliphatic heterocycles. The molecule has 0 saturated carbocycles. The highest BCUT2D eigenvalue weighted by Gasteiger charge is 2.31. The van der Waals surface area contributed by atoms with Crippen molar-refractivity contribution in [3.63, 3.8) is 0 Å². The molecule has 3 aromatic rings. The summed E-state index contributed by atoms with van der Waals surface area (Å²) >= 11 is 0. The normalized spacial score (nSPS) is 16.9. The standard InChI is InChI=1S/C21H19F3N4O/c22-21(23,24)17-8-4-5-15(11-17)12-20(29)27-10-9-18(13-27)28-14-19(25-26-28)16-6-2-1-3-7-16/h1-8,11,14,18H,9-10,12-13H2. The number of benzene rings is 2. The van der Waals surface area contributed by atoms with E-state index in [2.05, 4.69) is 10.3 Å². The fourth-order valence-electron chi connectivity index (χ4n) is 3.52. The molecule has 8 heteroatoms. The fraction of sp³-hybridized carbons (Fsp3) is 0.286. The summed E-state index contributed by atoms with van der Waals surface area (Å²) in [5.74, 6) is -0.185. The zero-order chi connectivity index (χ0) is 20.4. The van der Waals surface area contributed by atoms with Crippen LogP contribution in [0.25, 0.3) is 11.3 Å². The predicted octanol–water partition coefficient (Wildman–Crippen LogP) is 3.98. The second-order valence-corrected chi connectivity index (χ2v) is 7.11. The van der Waals surface area contributed by atoms with Crippen LogP contribution in [-0.2, 0) is 17.4 Å². The molecule has 150 valence electrons. The SMILES string of the molecule is O=C(Cc1cccc(C(F)(F)F)c1)N1CCC(n2cc(-c3ccccc3)nn2)C1. The quantitative estimate of drug-likeness (QED) is 0.666. The van der Waals surface area contributed by atoms with Gasteiger partial charge in [0, 0.05) is 18.7 Å². The molecule has 0 N–H and O–H groups in total. The molecule has 29 heavy (non-hydrogen) atoms. The Labute approximate surface area is 165 Å². The zero-order valence-corrected chi connectivity index (χ0v) is 15.5.